The lowest BCUT2D eigenvalue weighted by Crippen LogP contribution is -2.41. The van der Waals surface area contributed by atoms with Crippen molar-refractivity contribution in [2.24, 2.45) is 4.99 Å². The molecule has 1 heterocycles. The minimum Gasteiger partial charge on any atom is -0.265 e. The van der Waals surface area contributed by atoms with Gasteiger partial charge < -0.3 is 0 Å². The SMILES string of the molecule is ClC1N=CC(Cl)C(Cl)N1. The summed E-state index contributed by atoms with van der Waals surface area (Å²) in [5.74, 6) is 0. The minimum absolute atomic E-state index is 0.262. The van der Waals surface area contributed by atoms with Gasteiger partial charge in [0.05, 0.1) is 5.38 Å². The summed E-state index contributed by atoms with van der Waals surface area (Å²) in [5, 5.41) is 2.47. The van der Waals surface area contributed by atoms with Crippen LogP contribution in [0.1, 0.15) is 0 Å². The summed E-state index contributed by atoms with van der Waals surface area (Å²) in [6.45, 7) is 0. The molecule has 0 fully saturated rings. The van der Waals surface area contributed by atoms with E-state index in [0.29, 0.717) is 0 Å². The summed E-state index contributed by atoms with van der Waals surface area (Å²) >= 11 is 16.8. The molecule has 0 spiro atoms. The molecule has 0 aromatic carbocycles. The van der Waals surface area contributed by atoms with E-state index < -0.39 is 5.62 Å². The Hall–Kier alpha value is 0.500. The number of hydrogen-bond donors (Lipinski definition) is 1. The van der Waals surface area contributed by atoms with Gasteiger partial charge >= 0.3 is 0 Å². The van der Waals surface area contributed by atoms with Gasteiger partial charge in [-0.25, -0.2) is 0 Å². The molecule has 1 aliphatic heterocycles. The molecule has 0 radical (unpaired) electrons. The third-order valence-electron chi connectivity index (χ3n) is 0.936. The Morgan fingerprint density at radius 1 is 1.33 bits per heavy atom. The Kier molecular flexibility index (Phi) is 2.59. The Morgan fingerprint density at radius 2 is 2.00 bits per heavy atom. The van der Waals surface area contributed by atoms with Crippen molar-refractivity contribution in [3.8, 4) is 0 Å². The average Bonchev–Trinajstić information content (AvgIpc) is 1.80. The van der Waals surface area contributed by atoms with E-state index in [2.05, 4.69) is 10.3 Å². The molecule has 0 saturated carbocycles. The Morgan fingerprint density at radius 3 is 2.44 bits per heavy atom. The van der Waals surface area contributed by atoms with Gasteiger partial charge in [0.1, 0.15) is 5.50 Å². The van der Waals surface area contributed by atoms with Crippen LogP contribution in [0.4, 0.5) is 0 Å². The first-order chi connectivity index (χ1) is 4.20. The molecule has 5 heteroatoms. The second-order valence-corrected chi connectivity index (χ2v) is 3.03. The summed E-state index contributed by atoms with van der Waals surface area (Å²) in [5.41, 5.74) is -0.742. The maximum absolute atomic E-state index is 5.64. The van der Waals surface area contributed by atoms with Gasteiger partial charge in [-0.05, 0) is 0 Å². The van der Waals surface area contributed by atoms with Crippen LogP contribution in [0.25, 0.3) is 0 Å². The lowest BCUT2D eigenvalue weighted by Gasteiger charge is -2.20. The Balaban J connectivity index is 2.54. The zero-order chi connectivity index (χ0) is 6.85. The molecular weight excluding hydrogens is 182 g/mol. The number of halogens is 3. The average molecular weight is 187 g/mol. The Labute approximate surface area is 68.2 Å². The zero-order valence-corrected chi connectivity index (χ0v) is 6.66. The lowest BCUT2D eigenvalue weighted by atomic mass is 10.4. The maximum atomic E-state index is 5.64. The van der Waals surface area contributed by atoms with E-state index in [1.54, 1.807) is 0 Å². The molecule has 0 bridgehead atoms. The largest absolute Gasteiger partial charge is 0.265 e. The molecule has 9 heavy (non-hydrogen) atoms. The van der Waals surface area contributed by atoms with Crippen molar-refractivity contribution in [3.63, 3.8) is 0 Å². The molecule has 2 nitrogen and oxygen atoms in total. The van der Waals surface area contributed by atoms with Crippen LogP contribution in [0.5, 0.6) is 0 Å². The molecule has 3 unspecified atom stereocenters. The summed E-state index contributed by atoms with van der Waals surface area (Å²) in [6, 6.07) is 0. The van der Waals surface area contributed by atoms with Crippen LogP contribution in [-0.2, 0) is 0 Å². The molecule has 1 aliphatic rings. The summed E-state index contributed by atoms with van der Waals surface area (Å²) < 4.78 is 0. The van der Waals surface area contributed by atoms with E-state index in [4.69, 9.17) is 34.8 Å². The van der Waals surface area contributed by atoms with Gasteiger partial charge in [-0.15, -0.1) is 23.2 Å². The summed E-state index contributed by atoms with van der Waals surface area (Å²) in [6.07, 6.45) is 1.54. The summed E-state index contributed by atoms with van der Waals surface area (Å²) in [4.78, 5) is 3.77. The van der Waals surface area contributed by atoms with E-state index >= 15 is 0 Å². The van der Waals surface area contributed by atoms with Crippen molar-refractivity contribution in [2.75, 3.05) is 0 Å². The zero-order valence-electron chi connectivity index (χ0n) is 4.39. The summed E-state index contributed by atoms with van der Waals surface area (Å²) in [7, 11) is 0. The number of nitrogens with one attached hydrogen (secondary N) is 1. The Bertz CT molecular complexity index is 127. The van der Waals surface area contributed by atoms with E-state index in [1.165, 1.54) is 6.21 Å². The lowest BCUT2D eigenvalue weighted by molar-refractivity contribution is 0.612. The van der Waals surface area contributed by atoms with E-state index in [1.807, 2.05) is 0 Å². The van der Waals surface area contributed by atoms with Crippen molar-refractivity contribution in [1.82, 2.24) is 5.32 Å². The molecule has 0 aliphatic carbocycles. The smallest absolute Gasteiger partial charge is 0.176 e. The monoisotopic (exact) mass is 186 g/mol. The number of nitrogens with zero attached hydrogens (tertiary/aromatic N) is 1. The van der Waals surface area contributed by atoms with Crippen LogP contribution in [0.15, 0.2) is 4.99 Å². The number of hydrogen-bond acceptors (Lipinski definition) is 2. The first-order valence-corrected chi connectivity index (χ1v) is 3.72. The fraction of sp³-hybridized carbons (Fsp3) is 0.750. The normalized spacial score (nSPS) is 43.2. The first-order valence-electron chi connectivity index (χ1n) is 2.42. The third-order valence-corrected chi connectivity index (χ3v) is 2.07. The quantitative estimate of drug-likeness (QED) is 0.449. The molecular formula is C4H5Cl3N2. The number of alkyl halides is 3. The molecule has 0 aromatic rings. The van der Waals surface area contributed by atoms with E-state index in [9.17, 15) is 0 Å². The van der Waals surface area contributed by atoms with Gasteiger partial charge in [0.25, 0.3) is 0 Å². The van der Waals surface area contributed by atoms with E-state index in [0.717, 1.165) is 0 Å². The standard InChI is InChI=1S/C4H5Cl3N2/c5-2-1-8-4(7)9-3(2)6/h1-4,9H. The van der Waals surface area contributed by atoms with Crippen LogP contribution in [-0.4, -0.2) is 22.7 Å². The molecule has 0 aromatic heterocycles. The molecule has 52 valence electrons. The van der Waals surface area contributed by atoms with Crippen LogP contribution in [0.2, 0.25) is 0 Å². The molecule has 1 rings (SSSR count). The van der Waals surface area contributed by atoms with Gasteiger partial charge in [-0.1, -0.05) is 11.6 Å². The molecule has 0 amide bonds. The maximum Gasteiger partial charge on any atom is 0.176 e. The topological polar surface area (TPSA) is 24.4 Å². The molecule has 1 N–H and O–H groups in total. The van der Waals surface area contributed by atoms with Crippen molar-refractivity contribution >= 4 is 41.0 Å². The van der Waals surface area contributed by atoms with Gasteiger partial charge in [0.2, 0.25) is 0 Å². The highest BCUT2D eigenvalue weighted by Crippen LogP contribution is 2.12. The van der Waals surface area contributed by atoms with Gasteiger partial charge in [0, 0.05) is 6.21 Å². The van der Waals surface area contributed by atoms with E-state index in [-0.39, 0.29) is 10.9 Å². The van der Waals surface area contributed by atoms with Gasteiger partial charge in [-0.2, -0.15) is 0 Å². The van der Waals surface area contributed by atoms with Crippen molar-refractivity contribution in [3.05, 3.63) is 0 Å². The molecule has 0 saturated heterocycles. The van der Waals surface area contributed by atoms with Crippen molar-refractivity contribution in [2.45, 2.75) is 16.5 Å². The first kappa shape index (κ1) is 7.61. The highest BCUT2D eigenvalue weighted by atomic mass is 35.5. The predicted octanol–water partition coefficient (Wildman–Crippen LogP) is 1.36. The number of rotatable bonds is 0. The second-order valence-electron chi connectivity index (χ2n) is 1.65. The van der Waals surface area contributed by atoms with Gasteiger partial charge in [-0.3, -0.25) is 10.3 Å². The van der Waals surface area contributed by atoms with Crippen LogP contribution < -0.4 is 5.32 Å². The van der Waals surface area contributed by atoms with Crippen molar-refractivity contribution < 1.29 is 0 Å². The van der Waals surface area contributed by atoms with Crippen LogP contribution >= 0.6 is 34.8 Å². The van der Waals surface area contributed by atoms with Gasteiger partial charge in [0.15, 0.2) is 5.62 Å². The third kappa shape index (κ3) is 1.97. The van der Waals surface area contributed by atoms with Crippen molar-refractivity contribution in [1.29, 1.82) is 0 Å². The highest BCUT2D eigenvalue weighted by Gasteiger charge is 2.20. The fourth-order valence-electron chi connectivity index (χ4n) is 0.500. The number of aliphatic imine (C=N–C) groups is 1. The predicted molar refractivity (Wildman–Crippen MR) is 40.6 cm³/mol. The highest BCUT2D eigenvalue weighted by molar-refractivity contribution is 6.36. The fourth-order valence-corrected chi connectivity index (χ4v) is 1.09. The minimum atomic E-state index is -0.428. The molecule has 3 atom stereocenters. The van der Waals surface area contributed by atoms with Crippen LogP contribution in [0, 0.1) is 0 Å². The second kappa shape index (κ2) is 3.06. The van der Waals surface area contributed by atoms with Crippen LogP contribution in [0.3, 0.4) is 0 Å².